The van der Waals surface area contributed by atoms with Crippen molar-refractivity contribution in [3.05, 3.63) is 28.0 Å². The summed E-state index contributed by atoms with van der Waals surface area (Å²) in [6.07, 6.45) is -2.71. The van der Waals surface area contributed by atoms with E-state index in [1.807, 2.05) is 0 Å². The maximum absolute atomic E-state index is 12.3. The molecule has 3 nitrogen and oxygen atoms in total. The molecule has 1 rings (SSSR count). The van der Waals surface area contributed by atoms with E-state index in [-0.39, 0.29) is 23.0 Å². The van der Waals surface area contributed by atoms with Gasteiger partial charge in [-0.1, -0.05) is 11.6 Å². The van der Waals surface area contributed by atoms with E-state index in [0.717, 1.165) is 6.07 Å². The van der Waals surface area contributed by atoms with E-state index in [1.165, 1.54) is 0 Å². The normalized spacial score (nSPS) is 10.3. The molecule has 0 unspecified atom stereocenters. The monoisotopic (exact) mass is 217 g/mol. The van der Waals surface area contributed by atoms with E-state index >= 15 is 0 Å². The first kappa shape index (κ1) is 10.8. The number of hydrogen-bond acceptors (Lipinski definition) is 3. The smallest absolute Gasteiger partial charge is 0.266 e. The van der Waals surface area contributed by atoms with Crippen LogP contribution in [0.1, 0.15) is 23.2 Å². The second kappa shape index (κ2) is 4.31. The summed E-state index contributed by atoms with van der Waals surface area (Å²) >= 11 is 5.45. The van der Waals surface area contributed by atoms with E-state index in [4.69, 9.17) is 22.6 Å². The Bertz CT molecular complexity index is 386. The van der Waals surface area contributed by atoms with Crippen molar-refractivity contribution < 1.29 is 8.78 Å². The number of nitriles is 1. The second-order valence-electron chi connectivity index (χ2n) is 2.49. The van der Waals surface area contributed by atoms with Crippen molar-refractivity contribution >= 4 is 11.6 Å². The Morgan fingerprint density at radius 1 is 1.64 bits per heavy atom. The Morgan fingerprint density at radius 2 is 2.29 bits per heavy atom. The van der Waals surface area contributed by atoms with Gasteiger partial charge < -0.3 is 5.73 Å². The summed E-state index contributed by atoms with van der Waals surface area (Å²) in [4.78, 5) is 3.53. The third kappa shape index (κ3) is 1.97. The van der Waals surface area contributed by atoms with Crippen molar-refractivity contribution in [1.82, 2.24) is 4.98 Å². The minimum Gasteiger partial charge on any atom is -0.326 e. The van der Waals surface area contributed by atoms with Crippen LogP contribution >= 0.6 is 11.6 Å². The number of aromatic nitrogens is 1. The van der Waals surface area contributed by atoms with Crippen molar-refractivity contribution in [3.8, 4) is 6.07 Å². The largest absolute Gasteiger partial charge is 0.326 e. The number of alkyl halides is 2. The lowest BCUT2D eigenvalue weighted by molar-refractivity contribution is 0.151. The number of nitrogens with zero attached hydrogens (tertiary/aromatic N) is 2. The van der Waals surface area contributed by atoms with Gasteiger partial charge in [-0.3, -0.25) is 0 Å². The molecule has 0 amide bonds. The Morgan fingerprint density at radius 3 is 2.71 bits per heavy atom. The van der Waals surface area contributed by atoms with E-state index < -0.39 is 12.0 Å². The van der Waals surface area contributed by atoms with Gasteiger partial charge in [-0.05, 0) is 6.07 Å². The summed E-state index contributed by atoms with van der Waals surface area (Å²) in [5.41, 5.74) is 5.13. The molecule has 2 N–H and O–H groups in total. The Balaban J connectivity index is 3.32. The lowest BCUT2D eigenvalue weighted by Gasteiger charge is -2.06. The van der Waals surface area contributed by atoms with Gasteiger partial charge in [0.25, 0.3) is 6.43 Å². The van der Waals surface area contributed by atoms with E-state index in [2.05, 4.69) is 4.98 Å². The van der Waals surface area contributed by atoms with E-state index in [0.29, 0.717) is 0 Å². The van der Waals surface area contributed by atoms with Crippen molar-refractivity contribution in [1.29, 1.82) is 5.26 Å². The molecular formula is C8H6ClF2N3. The predicted molar refractivity (Wildman–Crippen MR) is 46.8 cm³/mol. The first-order valence-electron chi connectivity index (χ1n) is 3.67. The second-order valence-corrected chi connectivity index (χ2v) is 2.85. The van der Waals surface area contributed by atoms with E-state index in [9.17, 15) is 8.78 Å². The zero-order chi connectivity index (χ0) is 10.7. The summed E-state index contributed by atoms with van der Waals surface area (Å²) in [5, 5.41) is 8.24. The Labute approximate surface area is 84.1 Å². The fraction of sp³-hybridized carbons (Fsp3) is 0.250. The highest BCUT2D eigenvalue weighted by atomic mass is 35.5. The highest BCUT2D eigenvalue weighted by Crippen LogP contribution is 2.27. The molecule has 0 saturated heterocycles. The molecule has 0 aliphatic carbocycles. The van der Waals surface area contributed by atoms with Crippen LogP contribution in [-0.4, -0.2) is 4.98 Å². The van der Waals surface area contributed by atoms with Gasteiger partial charge in [0.2, 0.25) is 0 Å². The quantitative estimate of drug-likeness (QED) is 0.771. The molecule has 0 fully saturated rings. The summed E-state index contributed by atoms with van der Waals surface area (Å²) in [6.45, 7) is -0.0210. The molecule has 1 aromatic heterocycles. The minimum absolute atomic E-state index is 0.0121. The molecule has 0 radical (unpaired) electrons. The van der Waals surface area contributed by atoms with Crippen molar-refractivity contribution in [2.45, 2.75) is 13.0 Å². The molecule has 0 aliphatic rings. The van der Waals surface area contributed by atoms with E-state index in [1.54, 1.807) is 6.07 Å². The summed E-state index contributed by atoms with van der Waals surface area (Å²) in [6, 6.07) is 2.84. The van der Waals surface area contributed by atoms with Crippen LogP contribution < -0.4 is 5.73 Å². The molecule has 0 bridgehead atoms. The number of rotatable bonds is 2. The maximum atomic E-state index is 12.3. The molecular weight excluding hydrogens is 212 g/mol. The van der Waals surface area contributed by atoms with Gasteiger partial charge in [0.1, 0.15) is 16.9 Å². The predicted octanol–water partition coefficient (Wildman–Crippen LogP) is 2.00. The Hall–Kier alpha value is -1.25. The average Bonchev–Trinajstić information content (AvgIpc) is 2.16. The first-order chi connectivity index (χ1) is 6.60. The third-order valence-electron chi connectivity index (χ3n) is 1.64. The molecule has 0 spiro atoms. The average molecular weight is 218 g/mol. The molecule has 1 aromatic rings. The zero-order valence-corrected chi connectivity index (χ0v) is 7.72. The zero-order valence-electron chi connectivity index (χ0n) is 6.97. The molecule has 0 atom stereocenters. The van der Waals surface area contributed by atoms with Crippen LogP contribution in [0.4, 0.5) is 8.78 Å². The van der Waals surface area contributed by atoms with Crippen LogP contribution in [0.25, 0.3) is 0 Å². The van der Waals surface area contributed by atoms with Gasteiger partial charge in [-0.2, -0.15) is 5.26 Å². The number of nitrogens with two attached hydrogens (primary N) is 1. The highest BCUT2D eigenvalue weighted by Gasteiger charge is 2.16. The van der Waals surface area contributed by atoms with Crippen LogP contribution in [0.15, 0.2) is 6.07 Å². The summed E-state index contributed by atoms with van der Waals surface area (Å²) < 4.78 is 24.7. The van der Waals surface area contributed by atoms with Gasteiger partial charge in [0.05, 0.1) is 5.56 Å². The molecule has 0 saturated carbocycles. The fourth-order valence-corrected chi connectivity index (χ4v) is 1.18. The number of pyridine rings is 1. The van der Waals surface area contributed by atoms with Crippen LogP contribution in [0.2, 0.25) is 5.15 Å². The van der Waals surface area contributed by atoms with Gasteiger partial charge in [-0.15, -0.1) is 0 Å². The number of halogens is 3. The van der Waals surface area contributed by atoms with Gasteiger partial charge in [0, 0.05) is 12.1 Å². The van der Waals surface area contributed by atoms with Crippen molar-refractivity contribution in [2.24, 2.45) is 5.73 Å². The van der Waals surface area contributed by atoms with Gasteiger partial charge in [0.15, 0.2) is 0 Å². The molecule has 0 aliphatic heterocycles. The molecule has 14 heavy (non-hydrogen) atoms. The Kier molecular flexibility index (Phi) is 3.33. The maximum Gasteiger partial charge on any atom is 0.266 e. The summed E-state index contributed by atoms with van der Waals surface area (Å²) in [5.74, 6) is 0. The fourth-order valence-electron chi connectivity index (χ4n) is 0.956. The third-order valence-corrected chi connectivity index (χ3v) is 1.95. The van der Waals surface area contributed by atoms with Gasteiger partial charge >= 0.3 is 0 Å². The van der Waals surface area contributed by atoms with Crippen LogP contribution in [-0.2, 0) is 6.54 Å². The molecule has 1 heterocycles. The highest BCUT2D eigenvalue weighted by molar-refractivity contribution is 6.30. The lowest BCUT2D eigenvalue weighted by atomic mass is 10.1. The van der Waals surface area contributed by atoms with Crippen LogP contribution in [0.3, 0.4) is 0 Å². The van der Waals surface area contributed by atoms with Crippen LogP contribution in [0.5, 0.6) is 0 Å². The molecule has 74 valence electrons. The first-order valence-corrected chi connectivity index (χ1v) is 4.05. The lowest BCUT2D eigenvalue weighted by Crippen LogP contribution is -2.04. The van der Waals surface area contributed by atoms with Crippen molar-refractivity contribution in [3.63, 3.8) is 0 Å². The van der Waals surface area contributed by atoms with Crippen LogP contribution in [0, 0.1) is 11.3 Å². The molecule has 0 aromatic carbocycles. The number of hydrogen-bond donors (Lipinski definition) is 1. The standard InChI is InChI=1S/C8H6ClF2N3/c9-7-5(8(10)11)1-4(2-12)6(3-13)14-7/h1,8H,2,12H2. The molecule has 6 heteroatoms. The minimum atomic E-state index is -2.71. The topological polar surface area (TPSA) is 62.7 Å². The van der Waals surface area contributed by atoms with Gasteiger partial charge in [-0.25, -0.2) is 13.8 Å². The SMILES string of the molecule is N#Cc1nc(Cl)c(C(F)F)cc1CN. The summed E-state index contributed by atoms with van der Waals surface area (Å²) in [7, 11) is 0. The van der Waals surface area contributed by atoms with Crippen molar-refractivity contribution in [2.75, 3.05) is 0 Å².